The van der Waals surface area contributed by atoms with Gasteiger partial charge in [-0.2, -0.15) is 0 Å². The Balaban J connectivity index is 1.98. The molecule has 0 radical (unpaired) electrons. The number of nitrogens with one attached hydrogen (secondary N) is 1. The summed E-state index contributed by atoms with van der Waals surface area (Å²) in [5.41, 5.74) is 1.14. The van der Waals surface area contributed by atoms with Crippen LogP contribution in [0.2, 0.25) is 0 Å². The fourth-order valence-corrected chi connectivity index (χ4v) is 3.46. The molecule has 4 nitrogen and oxygen atoms in total. The van der Waals surface area contributed by atoms with Gasteiger partial charge >= 0.3 is 0 Å². The molecule has 0 saturated heterocycles. The van der Waals surface area contributed by atoms with Gasteiger partial charge < -0.3 is 14.8 Å². The van der Waals surface area contributed by atoms with Gasteiger partial charge in [0.25, 0.3) is 0 Å². The minimum atomic E-state index is 0.0271. The number of ether oxygens (including phenoxy) is 2. The van der Waals surface area contributed by atoms with Crippen molar-refractivity contribution in [2.24, 2.45) is 5.92 Å². The van der Waals surface area contributed by atoms with Gasteiger partial charge in [-0.15, -0.1) is 11.8 Å². The first-order chi connectivity index (χ1) is 12.5. The van der Waals surface area contributed by atoms with Crippen LogP contribution in [0.15, 0.2) is 53.4 Å². The minimum absolute atomic E-state index is 0.0271. The van der Waals surface area contributed by atoms with Crippen LogP contribution >= 0.6 is 11.8 Å². The molecule has 2 rings (SSSR count). The van der Waals surface area contributed by atoms with Crippen LogP contribution in [0.4, 0.5) is 0 Å². The maximum Gasteiger partial charge on any atom is 0.230 e. The van der Waals surface area contributed by atoms with Crippen molar-refractivity contribution in [1.29, 1.82) is 0 Å². The van der Waals surface area contributed by atoms with Crippen molar-refractivity contribution in [3.8, 4) is 11.5 Å². The molecule has 0 heterocycles. The molecule has 26 heavy (non-hydrogen) atoms. The van der Waals surface area contributed by atoms with Crippen LogP contribution in [-0.4, -0.2) is 25.9 Å². The van der Waals surface area contributed by atoms with E-state index >= 15 is 0 Å². The molecule has 0 aliphatic rings. The third kappa shape index (κ3) is 5.99. The Morgan fingerprint density at radius 2 is 1.73 bits per heavy atom. The normalized spacial score (nSPS) is 11.9. The predicted molar refractivity (Wildman–Crippen MR) is 107 cm³/mol. The van der Waals surface area contributed by atoms with Crippen molar-refractivity contribution in [1.82, 2.24) is 5.32 Å². The van der Waals surface area contributed by atoms with E-state index in [9.17, 15) is 4.79 Å². The third-order valence-electron chi connectivity index (χ3n) is 3.97. The van der Waals surface area contributed by atoms with E-state index in [-0.39, 0.29) is 11.9 Å². The Bertz CT molecular complexity index is 704. The second-order valence-electron chi connectivity index (χ2n) is 6.47. The summed E-state index contributed by atoms with van der Waals surface area (Å²) in [5.74, 6) is 2.23. The van der Waals surface area contributed by atoms with Crippen molar-refractivity contribution >= 4 is 17.7 Å². The van der Waals surface area contributed by atoms with E-state index in [1.54, 1.807) is 14.2 Å². The molecular weight excluding hydrogens is 346 g/mol. The molecule has 0 aliphatic heterocycles. The Morgan fingerprint density at radius 1 is 1.04 bits per heavy atom. The molecule has 2 aromatic carbocycles. The number of amides is 1. The fourth-order valence-electron chi connectivity index (χ4n) is 2.73. The minimum Gasteiger partial charge on any atom is -0.493 e. The zero-order chi connectivity index (χ0) is 18.9. The van der Waals surface area contributed by atoms with Gasteiger partial charge in [-0.05, 0) is 36.1 Å². The van der Waals surface area contributed by atoms with Crippen LogP contribution in [0.25, 0.3) is 0 Å². The number of methoxy groups -OCH3 is 2. The van der Waals surface area contributed by atoms with E-state index in [1.165, 1.54) is 11.8 Å². The maximum absolute atomic E-state index is 12.5. The molecule has 5 heteroatoms. The standard InChI is InChI=1S/C21H27NO3S/c1-15(2)12-18(16-8-6-5-7-9-16)22-21(23)14-26-17-10-11-19(24-3)20(13-17)25-4/h5-11,13,15,18H,12,14H2,1-4H3,(H,22,23)/t18-/m1/s1. The molecule has 0 bridgehead atoms. The number of benzene rings is 2. The maximum atomic E-state index is 12.5. The molecule has 0 saturated carbocycles. The van der Waals surface area contributed by atoms with Gasteiger partial charge in [-0.1, -0.05) is 44.2 Å². The molecule has 0 aromatic heterocycles. The lowest BCUT2D eigenvalue weighted by atomic mass is 9.97. The van der Waals surface area contributed by atoms with Gasteiger partial charge in [0.1, 0.15) is 0 Å². The number of thioether (sulfide) groups is 1. The van der Waals surface area contributed by atoms with Crippen molar-refractivity contribution in [3.05, 3.63) is 54.1 Å². The lowest BCUT2D eigenvalue weighted by Crippen LogP contribution is -2.30. The van der Waals surface area contributed by atoms with Crippen LogP contribution < -0.4 is 14.8 Å². The van der Waals surface area contributed by atoms with Crippen molar-refractivity contribution < 1.29 is 14.3 Å². The first-order valence-corrected chi connectivity index (χ1v) is 9.71. The van der Waals surface area contributed by atoms with E-state index in [0.717, 1.165) is 16.9 Å². The van der Waals surface area contributed by atoms with Crippen LogP contribution in [0.5, 0.6) is 11.5 Å². The zero-order valence-corrected chi connectivity index (χ0v) is 16.6. The number of carbonyl (C=O) groups is 1. The highest BCUT2D eigenvalue weighted by molar-refractivity contribution is 8.00. The van der Waals surface area contributed by atoms with Crippen molar-refractivity contribution in [3.63, 3.8) is 0 Å². The Kier molecular flexibility index (Phi) is 7.85. The van der Waals surface area contributed by atoms with E-state index in [0.29, 0.717) is 23.2 Å². The summed E-state index contributed by atoms with van der Waals surface area (Å²) in [5, 5.41) is 3.17. The molecule has 140 valence electrons. The summed E-state index contributed by atoms with van der Waals surface area (Å²) < 4.78 is 10.6. The number of hydrogen-bond acceptors (Lipinski definition) is 4. The summed E-state index contributed by atoms with van der Waals surface area (Å²) in [6, 6.07) is 15.8. The van der Waals surface area contributed by atoms with Gasteiger partial charge in [0.05, 0.1) is 26.0 Å². The molecule has 1 amide bonds. The highest BCUT2D eigenvalue weighted by atomic mass is 32.2. The largest absolute Gasteiger partial charge is 0.493 e. The summed E-state index contributed by atoms with van der Waals surface area (Å²) in [7, 11) is 3.21. The summed E-state index contributed by atoms with van der Waals surface area (Å²) >= 11 is 1.49. The summed E-state index contributed by atoms with van der Waals surface area (Å²) in [6.45, 7) is 4.33. The lowest BCUT2D eigenvalue weighted by molar-refractivity contribution is -0.119. The smallest absolute Gasteiger partial charge is 0.230 e. The zero-order valence-electron chi connectivity index (χ0n) is 15.8. The van der Waals surface area contributed by atoms with Crippen LogP contribution in [-0.2, 0) is 4.79 Å². The quantitative estimate of drug-likeness (QED) is 0.647. The van der Waals surface area contributed by atoms with Gasteiger partial charge in [0, 0.05) is 4.90 Å². The number of carbonyl (C=O) groups excluding carboxylic acids is 1. The fraction of sp³-hybridized carbons (Fsp3) is 0.381. The molecule has 0 fully saturated rings. The van der Waals surface area contributed by atoms with E-state index < -0.39 is 0 Å². The molecule has 1 atom stereocenters. The average molecular weight is 374 g/mol. The first-order valence-electron chi connectivity index (χ1n) is 8.72. The van der Waals surface area contributed by atoms with Crippen LogP contribution in [0.1, 0.15) is 31.9 Å². The highest BCUT2D eigenvalue weighted by Gasteiger charge is 2.16. The Hall–Kier alpha value is -2.14. The van der Waals surface area contributed by atoms with Crippen molar-refractivity contribution in [2.45, 2.75) is 31.2 Å². The van der Waals surface area contributed by atoms with E-state index in [4.69, 9.17) is 9.47 Å². The van der Waals surface area contributed by atoms with Crippen molar-refractivity contribution in [2.75, 3.05) is 20.0 Å². The van der Waals surface area contributed by atoms with Gasteiger partial charge in [-0.3, -0.25) is 4.79 Å². The Labute approximate surface area is 160 Å². The molecule has 1 N–H and O–H groups in total. The number of rotatable bonds is 9. The first kappa shape index (κ1) is 20.2. The summed E-state index contributed by atoms with van der Waals surface area (Å²) in [4.78, 5) is 13.4. The highest BCUT2D eigenvalue weighted by Crippen LogP contribution is 2.32. The average Bonchev–Trinajstić information content (AvgIpc) is 2.66. The number of hydrogen-bond donors (Lipinski definition) is 1. The predicted octanol–water partition coefficient (Wildman–Crippen LogP) is 4.70. The third-order valence-corrected chi connectivity index (χ3v) is 4.96. The van der Waals surface area contributed by atoms with E-state index in [1.807, 2.05) is 36.4 Å². The van der Waals surface area contributed by atoms with Gasteiger partial charge in [-0.25, -0.2) is 0 Å². The molecular formula is C21H27NO3S. The molecule has 0 spiro atoms. The second-order valence-corrected chi connectivity index (χ2v) is 7.51. The SMILES string of the molecule is COc1ccc(SCC(=O)N[C@H](CC(C)C)c2ccccc2)cc1OC. The van der Waals surface area contributed by atoms with Crippen LogP contribution in [0.3, 0.4) is 0 Å². The molecule has 0 aliphatic carbocycles. The van der Waals surface area contributed by atoms with Gasteiger partial charge in [0.2, 0.25) is 5.91 Å². The lowest BCUT2D eigenvalue weighted by Gasteiger charge is -2.21. The van der Waals surface area contributed by atoms with Crippen LogP contribution in [0, 0.1) is 5.92 Å². The monoisotopic (exact) mass is 373 g/mol. The van der Waals surface area contributed by atoms with Gasteiger partial charge in [0.15, 0.2) is 11.5 Å². The second kappa shape index (κ2) is 10.1. The Morgan fingerprint density at radius 3 is 2.35 bits per heavy atom. The molecule has 2 aromatic rings. The van der Waals surface area contributed by atoms with E-state index in [2.05, 4.69) is 31.3 Å². The molecule has 0 unspecified atom stereocenters. The summed E-state index contributed by atoms with van der Waals surface area (Å²) in [6.07, 6.45) is 0.913. The topological polar surface area (TPSA) is 47.6 Å².